The van der Waals surface area contributed by atoms with Crippen LogP contribution in [0.2, 0.25) is 0 Å². The molecule has 21 heavy (non-hydrogen) atoms. The van der Waals surface area contributed by atoms with Crippen LogP contribution in [0, 0.1) is 11.8 Å². The summed E-state index contributed by atoms with van der Waals surface area (Å²) in [5.74, 6) is 1.32. The predicted octanol–water partition coefficient (Wildman–Crippen LogP) is 3.83. The molecule has 0 radical (unpaired) electrons. The van der Waals surface area contributed by atoms with E-state index in [1.165, 1.54) is 12.8 Å². The van der Waals surface area contributed by atoms with E-state index >= 15 is 0 Å². The van der Waals surface area contributed by atoms with E-state index < -0.39 is 0 Å². The van der Waals surface area contributed by atoms with Gasteiger partial charge in [-0.05, 0) is 49.7 Å². The lowest BCUT2D eigenvalue weighted by Crippen LogP contribution is -2.37. The molecule has 1 fully saturated rings. The lowest BCUT2D eigenvalue weighted by molar-refractivity contribution is -0.137. The SMILES string of the molecule is CCCN(Cc1ccccc1N)C(=O)C1CCC(C)CC1. The number of nitrogens with zero attached hydrogens (tertiary/aromatic N) is 1. The van der Waals surface area contributed by atoms with Crippen molar-refractivity contribution in [2.24, 2.45) is 11.8 Å². The van der Waals surface area contributed by atoms with E-state index in [1.807, 2.05) is 29.2 Å². The molecule has 2 rings (SSSR count). The molecule has 3 heteroatoms. The highest BCUT2D eigenvalue weighted by Crippen LogP contribution is 2.30. The van der Waals surface area contributed by atoms with Gasteiger partial charge in [0.25, 0.3) is 0 Å². The van der Waals surface area contributed by atoms with E-state index in [4.69, 9.17) is 5.73 Å². The molecule has 0 heterocycles. The van der Waals surface area contributed by atoms with Crippen molar-refractivity contribution in [1.82, 2.24) is 4.90 Å². The Morgan fingerprint density at radius 2 is 1.90 bits per heavy atom. The number of nitrogen functional groups attached to an aromatic ring is 1. The number of anilines is 1. The topological polar surface area (TPSA) is 46.3 Å². The first-order valence-electron chi connectivity index (χ1n) is 8.24. The third-order valence-electron chi connectivity index (χ3n) is 4.59. The first-order chi connectivity index (χ1) is 10.1. The van der Waals surface area contributed by atoms with Crippen LogP contribution >= 0.6 is 0 Å². The molecular weight excluding hydrogens is 260 g/mol. The average Bonchev–Trinajstić information content (AvgIpc) is 2.49. The molecule has 116 valence electrons. The van der Waals surface area contributed by atoms with Gasteiger partial charge in [0.1, 0.15) is 0 Å². The fourth-order valence-electron chi connectivity index (χ4n) is 3.19. The molecular formula is C18H28N2O. The van der Waals surface area contributed by atoms with Gasteiger partial charge in [-0.1, -0.05) is 32.0 Å². The third kappa shape index (κ3) is 4.23. The van der Waals surface area contributed by atoms with Gasteiger partial charge in [0, 0.05) is 24.7 Å². The monoisotopic (exact) mass is 288 g/mol. The maximum atomic E-state index is 12.8. The predicted molar refractivity (Wildman–Crippen MR) is 87.7 cm³/mol. The van der Waals surface area contributed by atoms with Crippen LogP contribution in [0.1, 0.15) is 51.5 Å². The molecule has 1 aliphatic rings. The summed E-state index contributed by atoms with van der Waals surface area (Å²) in [6, 6.07) is 7.86. The second kappa shape index (κ2) is 7.48. The Bertz CT molecular complexity index is 464. The zero-order chi connectivity index (χ0) is 15.2. The molecule has 3 nitrogen and oxygen atoms in total. The second-order valence-corrected chi connectivity index (χ2v) is 6.42. The van der Waals surface area contributed by atoms with E-state index in [0.29, 0.717) is 12.5 Å². The van der Waals surface area contributed by atoms with Crippen LogP contribution in [0.25, 0.3) is 0 Å². The van der Waals surface area contributed by atoms with E-state index in [-0.39, 0.29) is 5.92 Å². The number of amides is 1. The highest BCUT2D eigenvalue weighted by molar-refractivity contribution is 5.79. The second-order valence-electron chi connectivity index (χ2n) is 6.42. The number of benzene rings is 1. The van der Waals surface area contributed by atoms with E-state index in [2.05, 4.69) is 13.8 Å². The van der Waals surface area contributed by atoms with Crippen molar-refractivity contribution in [1.29, 1.82) is 0 Å². The highest BCUT2D eigenvalue weighted by atomic mass is 16.2. The summed E-state index contributed by atoms with van der Waals surface area (Å²) in [6.07, 6.45) is 5.45. The third-order valence-corrected chi connectivity index (χ3v) is 4.59. The van der Waals surface area contributed by atoms with Crippen molar-refractivity contribution in [3.05, 3.63) is 29.8 Å². The minimum absolute atomic E-state index is 0.220. The maximum Gasteiger partial charge on any atom is 0.225 e. The Morgan fingerprint density at radius 1 is 1.24 bits per heavy atom. The van der Waals surface area contributed by atoms with Gasteiger partial charge in [-0.3, -0.25) is 4.79 Å². The highest BCUT2D eigenvalue weighted by Gasteiger charge is 2.28. The van der Waals surface area contributed by atoms with Crippen molar-refractivity contribution in [2.75, 3.05) is 12.3 Å². The van der Waals surface area contributed by atoms with E-state index in [9.17, 15) is 4.79 Å². The van der Waals surface area contributed by atoms with E-state index in [0.717, 1.165) is 43.0 Å². The summed E-state index contributed by atoms with van der Waals surface area (Å²) in [5, 5.41) is 0. The molecule has 1 aliphatic carbocycles. The molecule has 1 aromatic rings. The van der Waals surface area contributed by atoms with Crippen LogP contribution in [0.5, 0.6) is 0 Å². The van der Waals surface area contributed by atoms with Crippen LogP contribution in [-0.2, 0) is 11.3 Å². The van der Waals surface area contributed by atoms with Crippen LogP contribution in [0.15, 0.2) is 24.3 Å². The van der Waals surface area contributed by atoms with Gasteiger partial charge >= 0.3 is 0 Å². The van der Waals surface area contributed by atoms with Crippen molar-refractivity contribution >= 4 is 11.6 Å². The van der Waals surface area contributed by atoms with Crippen LogP contribution in [0.3, 0.4) is 0 Å². The normalized spacial score (nSPS) is 22.0. The zero-order valence-corrected chi connectivity index (χ0v) is 13.3. The lowest BCUT2D eigenvalue weighted by atomic mass is 9.82. The van der Waals surface area contributed by atoms with Gasteiger partial charge in [0.05, 0.1) is 0 Å². The van der Waals surface area contributed by atoms with Gasteiger partial charge in [0.15, 0.2) is 0 Å². The number of hydrogen-bond acceptors (Lipinski definition) is 2. The van der Waals surface area contributed by atoms with Crippen molar-refractivity contribution in [2.45, 2.75) is 52.5 Å². The van der Waals surface area contributed by atoms with Gasteiger partial charge in [-0.15, -0.1) is 0 Å². The largest absolute Gasteiger partial charge is 0.398 e. The Hall–Kier alpha value is -1.51. The summed E-state index contributed by atoms with van der Waals surface area (Å²) in [4.78, 5) is 14.8. The number of para-hydroxylation sites is 1. The number of carbonyl (C=O) groups excluding carboxylic acids is 1. The van der Waals surface area contributed by atoms with Gasteiger partial charge in [0.2, 0.25) is 5.91 Å². The van der Waals surface area contributed by atoms with Gasteiger partial charge in [-0.2, -0.15) is 0 Å². The fraction of sp³-hybridized carbons (Fsp3) is 0.611. The summed E-state index contributed by atoms with van der Waals surface area (Å²) in [7, 11) is 0. The molecule has 2 N–H and O–H groups in total. The smallest absolute Gasteiger partial charge is 0.225 e. The summed E-state index contributed by atoms with van der Waals surface area (Å²) in [6.45, 7) is 5.87. The summed E-state index contributed by atoms with van der Waals surface area (Å²) < 4.78 is 0. The Labute approximate surface area is 128 Å². The van der Waals surface area contributed by atoms with Crippen molar-refractivity contribution in [3.63, 3.8) is 0 Å². The lowest BCUT2D eigenvalue weighted by Gasteiger charge is -2.31. The number of hydrogen-bond donors (Lipinski definition) is 1. The van der Waals surface area contributed by atoms with Crippen LogP contribution < -0.4 is 5.73 Å². The fourth-order valence-corrected chi connectivity index (χ4v) is 3.19. The molecule has 0 bridgehead atoms. The molecule has 0 saturated heterocycles. The maximum absolute atomic E-state index is 12.8. The van der Waals surface area contributed by atoms with Gasteiger partial charge < -0.3 is 10.6 Å². The zero-order valence-electron chi connectivity index (χ0n) is 13.3. The molecule has 0 aliphatic heterocycles. The van der Waals surface area contributed by atoms with Gasteiger partial charge in [-0.25, -0.2) is 0 Å². The Morgan fingerprint density at radius 3 is 2.52 bits per heavy atom. The number of nitrogens with two attached hydrogens (primary N) is 1. The number of carbonyl (C=O) groups is 1. The molecule has 0 atom stereocenters. The molecule has 0 aromatic heterocycles. The molecule has 0 unspecified atom stereocenters. The number of rotatable bonds is 5. The van der Waals surface area contributed by atoms with Crippen LogP contribution in [-0.4, -0.2) is 17.4 Å². The van der Waals surface area contributed by atoms with Crippen LogP contribution in [0.4, 0.5) is 5.69 Å². The van der Waals surface area contributed by atoms with E-state index in [1.54, 1.807) is 0 Å². The quantitative estimate of drug-likeness (QED) is 0.837. The first-order valence-corrected chi connectivity index (χ1v) is 8.24. The molecule has 1 amide bonds. The minimum atomic E-state index is 0.220. The Balaban J connectivity index is 2.04. The van der Waals surface area contributed by atoms with Crippen molar-refractivity contribution in [3.8, 4) is 0 Å². The standard InChI is InChI=1S/C18H28N2O/c1-3-12-20(13-16-6-4-5-7-17(16)19)18(21)15-10-8-14(2)9-11-15/h4-7,14-15H,3,8-13,19H2,1-2H3. The summed E-state index contributed by atoms with van der Waals surface area (Å²) >= 11 is 0. The minimum Gasteiger partial charge on any atom is -0.398 e. The molecule has 1 aromatic carbocycles. The molecule has 1 saturated carbocycles. The summed E-state index contributed by atoms with van der Waals surface area (Å²) in [5.41, 5.74) is 7.86. The first kappa shape index (κ1) is 15.9. The Kier molecular flexibility index (Phi) is 5.66. The average molecular weight is 288 g/mol. The van der Waals surface area contributed by atoms with Crippen molar-refractivity contribution < 1.29 is 4.79 Å². The molecule has 0 spiro atoms.